The van der Waals surface area contributed by atoms with Gasteiger partial charge in [0.1, 0.15) is 5.75 Å². The lowest BCUT2D eigenvalue weighted by atomic mass is 9.99. The minimum atomic E-state index is -3.68. The molecule has 33 heavy (non-hydrogen) atoms. The van der Waals surface area contributed by atoms with Gasteiger partial charge in [-0.25, -0.2) is 13.4 Å². The third kappa shape index (κ3) is 5.10. The van der Waals surface area contributed by atoms with Gasteiger partial charge in [-0.1, -0.05) is 12.1 Å². The minimum Gasteiger partial charge on any atom is -0.497 e. The summed E-state index contributed by atoms with van der Waals surface area (Å²) in [5, 5.41) is 5.32. The van der Waals surface area contributed by atoms with Crippen molar-refractivity contribution < 1.29 is 17.9 Å². The Balaban J connectivity index is 1.43. The van der Waals surface area contributed by atoms with E-state index in [0.29, 0.717) is 30.3 Å². The Kier molecular flexibility index (Phi) is 6.83. The third-order valence-corrected chi connectivity index (χ3v) is 8.63. The maximum Gasteiger partial charge on any atom is 0.243 e. The molecule has 0 spiro atoms. The standard InChI is InChI=1S/C24H27N3O4S2/c1-16-6-7-18(13-17(16)2)22-15-32-24(25-22)26-23(28)19-5-4-12-27(14-19)33(29,30)21-10-8-20(31-3)9-11-21/h6-11,13,15,19H,4-5,12,14H2,1-3H3,(H,25,26,28). The molecule has 4 rings (SSSR count). The summed E-state index contributed by atoms with van der Waals surface area (Å²) in [5.74, 6) is -0.0418. The Labute approximate surface area is 198 Å². The zero-order chi connectivity index (χ0) is 23.6. The minimum absolute atomic E-state index is 0.148. The first kappa shape index (κ1) is 23.4. The molecule has 1 atom stereocenters. The summed E-state index contributed by atoms with van der Waals surface area (Å²) in [6.45, 7) is 4.67. The van der Waals surface area contributed by atoms with Crippen molar-refractivity contribution >= 4 is 32.4 Å². The van der Waals surface area contributed by atoms with Gasteiger partial charge in [0.15, 0.2) is 5.13 Å². The van der Waals surface area contributed by atoms with E-state index in [1.165, 1.54) is 46.0 Å². The first-order valence-electron chi connectivity index (χ1n) is 10.8. The Hall–Kier alpha value is -2.75. The van der Waals surface area contributed by atoms with E-state index in [0.717, 1.165) is 11.3 Å². The van der Waals surface area contributed by atoms with Crippen LogP contribution >= 0.6 is 11.3 Å². The number of aromatic nitrogens is 1. The molecule has 2 aromatic carbocycles. The van der Waals surface area contributed by atoms with Crippen LogP contribution in [0, 0.1) is 19.8 Å². The molecule has 1 aromatic heterocycles. The Morgan fingerprint density at radius 1 is 1.15 bits per heavy atom. The van der Waals surface area contributed by atoms with Crippen molar-refractivity contribution in [1.29, 1.82) is 0 Å². The number of methoxy groups -OCH3 is 1. The molecule has 1 saturated heterocycles. The summed E-state index contributed by atoms with van der Waals surface area (Å²) in [6.07, 6.45) is 1.26. The van der Waals surface area contributed by atoms with Crippen molar-refractivity contribution in [3.8, 4) is 17.0 Å². The number of hydrogen-bond donors (Lipinski definition) is 1. The number of rotatable bonds is 6. The highest BCUT2D eigenvalue weighted by Crippen LogP contribution is 2.29. The van der Waals surface area contributed by atoms with E-state index < -0.39 is 15.9 Å². The molecular weight excluding hydrogens is 458 g/mol. The van der Waals surface area contributed by atoms with Crippen LogP contribution < -0.4 is 10.1 Å². The lowest BCUT2D eigenvalue weighted by Gasteiger charge is -2.31. The van der Waals surface area contributed by atoms with Crippen LogP contribution in [0.25, 0.3) is 11.3 Å². The highest BCUT2D eigenvalue weighted by Gasteiger charge is 2.33. The van der Waals surface area contributed by atoms with Crippen LogP contribution in [0.5, 0.6) is 5.75 Å². The number of aryl methyl sites for hydroxylation is 2. The number of anilines is 1. The fraction of sp³-hybridized carbons (Fsp3) is 0.333. The normalized spacial score (nSPS) is 17.0. The van der Waals surface area contributed by atoms with Gasteiger partial charge in [-0.05, 0) is 68.1 Å². The fourth-order valence-electron chi connectivity index (χ4n) is 3.84. The second-order valence-corrected chi connectivity index (χ2v) is 11.0. The average molecular weight is 486 g/mol. The van der Waals surface area contributed by atoms with E-state index in [1.54, 1.807) is 12.1 Å². The number of ether oxygens (including phenoxy) is 1. The quantitative estimate of drug-likeness (QED) is 0.556. The van der Waals surface area contributed by atoms with E-state index in [-0.39, 0.29) is 17.3 Å². The van der Waals surface area contributed by atoms with Gasteiger partial charge in [0.2, 0.25) is 15.9 Å². The number of amides is 1. The fourth-order valence-corrected chi connectivity index (χ4v) is 6.09. The third-order valence-electron chi connectivity index (χ3n) is 5.99. The van der Waals surface area contributed by atoms with E-state index in [1.807, 2.05) is 11.4 Å². The first-order chi connectivity index (χ1) is 15.8. The molecule has 1 N–H and O–H groups in total. The topological polar surface area (TPSA) is 88.6 Å². The van der Waals surface area contributed by atoms with Gasteiger partial charge in [-0.2, -0.15) is 4.31 Å². The first-order valence-corrected chi connectivity index (χ1v) is 13.1. The molecule has 1 fully saturated rings. The number of benzene rings is 2. The largest absolute Gasteiger partial charge is 0.497 e. The highest BCUT2D eigenvalue weighted by atomic mass is 32.2. The van der Waals surface area contributed by atoms with Crippen LogP contribution in [0.4, 0.5) is 5.13 Å². The van der Waals surface area contributed by atoms with Crippen molar-refractivity contribution in [1.82, 2.24) is 9.29 Å². The molecule has 0 radical (unpaired) electrons. The molecule has 174 valence electrons. The molecule has 0 saturated carbocycles. The van der Waals surface area contributed by atoms with Gasteiger partial charge in [0.25, 0.3) is 0 Å². The van der Waals surface area contributed by atoms with Crippen molar-refractivity contribution in [3.05, 3.63) is 59.0 Å². The summed E-state index contributed by atoms with van der Waals surface area (Å²) in [6, 6.07) is 12.5. The summed E-state index contributed by atoms with van der Waals surface area (Å²) in [4.78, 5) is 17.7. The average Bonchev–Trinajstić information content (AvgIpc) is 3.29. The number of sulfonamides is 1. The molecule has 1 unspecified atom stereocenters. The highest BCUT2D eigenvalue weighted by molar-refractivity contribution is 7.89. The second kappa shape index (κ2) is 9.62. The van der Waals surface area contributed by atoms with Crippen LogP contribution in [0.3, 0.4) is 0 Å². The summed E-state index contributed by atoms with van der Waals surface area (Å²) in [5.41, 5.74) is 4.22. The molecular formula is C24H27N3O4S2. The molecule has 1 amide bonds. The van der Waals surface area contributed by atoms with Crippen molar-refractivity contribution in [2.45, 2.75) is 31.6 Å². The molecule has 0 aliphatic carbocycles. The Morgan fingerprint density at radius 2 is 1.91 bits per heavy atom. The van der Waals surface area contributed by atoms with Gasteiger partial charge in [0, 0.05) is 24.0 Å². The van der Waals surface area contributed by atoms with Gasteiger partial charge >= 0.3 is 0 Å². The summed E-state index contributed by atoms with van der Waals surface area (Å²) >= 11 is 1.37. The smallest absolute Gasteiger partial charge is 0.243 e. The number of carbonyl (C=O) groups excluding carboxylic acids is 1. The number of carbonyl (C=O) groups is 1. The van der Waals surface area contributed by atoms with Crippen LogP contribution in [-0.2, 0) is 14.8 Å². The zero-order valence-electron chi connectivity index (χ0n) is 18.9. The lowest BCUT2D eigenvalue weighted by Crippen LogP contribution is -2.43. The molecule has 7 nitrogen and oxygen atoms in total. The molecule has 9 heteroatoms. The number of piperidine rings is 1. The number of thiazole rings is 1. The summed E-state index contributed by atoms with van der Waals surface area (Å²) in [7, 11) is -2.15. The monoisotopic (exact) mass is 485 g/mol. The van der Waals surface area contributed by atoms with Crippen LogP contribution in [-0.4, -0.2) is 43.8 Å². The SMILES string of the molecule is COc1ccc(S(=O)(=O)N2CCCC(C(=O)Nc3nc(-c4ccc(C)c(C)c4)cs3)C2)cc1. The van der Waals surface area contributed by atoms with E-state index in [2.05, 4.69) is 36.3 Å². The molecule has 1 aliphatic heterocycles. The number of nitrogens with one attached hydrogen (secondary N) is 1. The lowest BCUT2D eigenvalue weighted by molar-refractivity contribution is -0.120. The van der Waals surface area contributed by atoms with Gasteiger partial charge < -0.3 is 10.1 Å². The van der Waals surface area contributed by atoms with Crippen molar-refractivity contribution in [2.75, 3.05) is 25.5 Å². The number of hydrogen-bond acceptors (Lipinski definition) is 6. The van der Waals surface area contributed by atoms with Gasteiger partial charge in [-0.3, -0.25) is 4.79 Å². The Morgan fingerprint density at radius 3 is 2.61 bits per heavy atom. The zero-order valence-corrected chi connectivity index (χ0v) is 20.5. The predicted octanol–water partition coefficient (Wildman–Crippen LogP) is 4.47. The molecule has 3 aromatic rings. The van der Waals surface area contributed by atoms with Crippen molar-refractivity contribution in [3.63, 3.8) is 0 Å². The number of nitrogens with zero attached hydrogens (tertiary/aromatic N) is 2. The van der Waals surface area contributed by atoms with Crippen molar-refractivity contribution in [2.24, 2.45) is 5.92 Å². The van der Waals surface area contributed by atoms with Crippen LogP contribution in [0.1, 0.15) is 24.0 Å². The Bertz CT molecular complexity index is 1250. The predicted molar refractivity (Wildman–Crippen MR) is 130 cm³/mol. The van der Waals surface area contributed by atoms with E-state index in [4.69, 9.17) is 4.74 Å². The van der Waals surface area contributed by atoms with Gasteiger partial charge in [0.05, 0.1) is 23.6 Å². The second-order valence-electron chi connectivity index (χ2n) is 8.20. The van der Waals surface area contributed by atoms with E-state index >= 15 is 0 Å². The van der Waals surface area contributed by atoms with E-state index in [9.17, 15) is 13.2 Å². The van der Waals surface area contributed by atoms with Crippen LogP contribution in [0.2, 0.25) is 0 Å². The maximum absolute atomic E-state index is 13.1. The molecule has 0 bridgehead atoms. The van der Waals surface area contributed by atoms with Gasteiger partial charge in [-0.15, -0.1) is 11.3 Å². The van der Waals surface area contributed by atoms with Crippen LogP contribution in [0.15, 0.2) is 52.7 Å². The molecule has 1 aliphatic rings. The molecule has 2 heterocycles. The maximum atomic E-state index is 13.1. The summed E-state index contributed by atoms with van der Waals surface area (Å²) < 4.78 is 32.6.